The van der Waals surface area contributed by atoms with Gasteiger partial charge in [0, 0.05) is 39.4 Å². The van der Waals surface area contributed by atoms with E-state index in [-0.39, 0.29) is 12.0 Å². The molecule has 68 heavy (non-hydrogen) atoms. The fraction of sp³-hybridized carbons (Fsp3) is 0.0317. The van der Waals surface area contributed by atoms with Crippen LogP contribution in [-0.2, 0) is 0 Å². The van der Waals surface area contributed by atoms with E-state index < -0.39 is 0 Å². The number of anilines is 2. The summed E-state index contributed by atoms with van der Waals surface area (Å²) < 4.78 is 6.99. The van der Waals surface area contributed by atoms with Crippen molar-refractivity contribution in [2.75, 3.05) is 4.90 Å². The maximum absolute atomic E-state index is 6.99. The lowest BCUT2D eigenvalue weighted by atomic mass is 9.82. The molecule has 13 rings (SSSR count). The van der Waals surface area contributed by atoms with E-state index in [0.29, 0.717) is 17.5 Å². The Morgan fingerprint density at radius 3 is 1.41 bits per heavy atom. The van der Waals surface area contributed by atoms with E-state index in [4.69, 9.17) is 19.4 Å². The summed E-state index contributed by atoms with van der Waals surface area (Å²) in [6, 6.07) is 81.4. The van der Waals surface area contributed by atoms with Crippen molar-refractivity contribution in [3.05, 3.63) is 253 Å². The van der Waals surface area contributed by atoms with Gasteiger partial charge in [-0.3, -0.25) is 0 Å². The summed E-state index contributed by atoms with van der Waals surface area (Å²) in [7, 11) is 0. The van der Waals surface area contributed by atoms with Crippen molar-refractivity contribution in [3.8, 4) is 78.7 Å². The van der Waals surface area contributed by atoms with E-state index in [2.05, 4.69) is 235 Å². The zero-order chi connectivity index (χ0) is 45.0. The Hall–Kier alpha value is -8.93. The van der Waals surface area contributed by atoms with E-state index in [1.165, 1.54) is 39.1 Å². The Kier molecular flexibility index (Phi) is 9.57. The largest absolute Gasteiger partial charge is 0.456 e. The van der Waals surface area contributed by atoms with Crippen LogP contribution < -0.4 is 4.90 Å². The second-order valence-electron chi connectivity index (χ2n) is 17.5. The SMILES string of the molecule is C1=CC2C(c3ccccc3N2c2ccc(-c3cccc(-c4ccccc4)c3)cc2)c2c1oc1c(-c3nc(-c4cccc(-c5ccccc5)c4)nc(-c4cccc(-c5ccccc5)c4)n3)cccc21. The highest BCUT2D eigenvalue weighted by Gasteiger charge is 2.43. The third kappa shape index (κ3) is 6.92. The summed E-state index contributed by atoms with van der Waals surface area (Å²) in [6.45, 7) is 0. The van der Waals surface area contributed by atoms with Gasteiger partial charge in [0.2, 0.25) is 0 Å². The van der Waals surface area contributed by atoms with Crippen molar-refractivity contribution >= 4 is 28.4 Å². The first kappa shape index (κ1) is 39.4. The monoisotopic (exact) mass is 870 g/mol. The molecule has 0 saturated carbocycles. The van der Waals surface area contributed by atoms with Crippen LogP contribution in [-0.4, -0.2) is 21.0 Å². The molecule has 1 aliphatic carbocycles. The van der Waals surface area contributed by atoms with Crippen molar-refractivity contribution in [1.82, 2.24) is 15.0 Å². The molecular formula is C63H42N4O. The minimum atomic E-state index is 0.0378. The highest BCUT2D eigenvalue weighted by atomic mass is 16.3. The number of furan rings is 1. The van der Waals surface area contributed by atoms with Gasteiger partial charge in [-0.25, -0.2) is 15.0 Å². The van der Waals surface area contributed by atoms with Crippen molar-refractivity contribution < 1.29 is 4.42 Å². The molecule has 0 amide bonds. The van der Waals surface area contributed by atoms with E-state index in [1.807, 2.05) is 12.1 Å². The van der Waals surface area contributed by atoms with Crippen LogP contribution in [0.2, 0.25) is 0 Å². The van der Waals surface area contributed by atoms with E-state index in [1.54, 1.807) is 0 Å². The molecule has 1 aliphatic heterocycles. The fourth-order valence-corrected chi connectivity index (χ4v) is 10.3. The van der Waals surface area contributed by atoms with Crippen LogP contribution in [0.25, 0.3) is 95.7 Å². The Bertz CT molecular complexity index is 3590. The van der Waals surface area contributed by atoms with Crippen molar-refractivity contribution in [3.63, 3.8) is 0 Å². The fourth-order valence-electron chi connectivity index (χ4n) is 10.3. The summed E-state index contributed by atoms with van der Waals surface area (Å²) in [6.07, 6.45) is 4.47. The molecule has 0 spiro atoms. The quantitative estimate of drug-likeness (QED) is 0.152. The van der Waals surface area contributed by atoms with Crippen LogP contribution in [0, 0.1) is 0 Å². The lowest BCUT2D eigenvalue weighted by molar-refractivity contribution is 0.584. The first-order valence-corrected chi connectivity index (χ1v) is 23.2. The molecule has 0 bridgehead atoms. The maximum atomic E-state index is 6.99. The molecule has 2 aromatic heterocycles. The van der Waals surface area contributed by atoms with Crippen LogP contribution in [0.5, 0.6) is 0 Å². The van der Waals surface area contributed by atoms with Crippen molar-refractivity contribution in [1.29, 1.82) is 0 Å². The van der Waals surface area contributed by atoms with Crippen molar-refractivity contribution in [2.45, 2.75) is 12.0 Å². The lowest BCUT2D eigenvalue weighted by Crippen LogP contribution is -2.30. The standard InChI is InChI=1S/C63H42N4O/c1-4-16-41(17-5-1)45-22-12-23-46(38-45)44-32-34-51(35-33-44)67-55-31-11-10-28-52(55)58-56(67)36-37-57-59(58)53-29-15-30-54(60(53)68-57)63-65-61(49-26-13-24-47(39-49)42-18-6-2-7-19-42)64-62(66-63)50-27-14-25-48(40-50)43-20-8-3-9-21-43/h1-40,56,58H. The normalized spacial score (nSPS) is 14.7. The highest BCUT2D eigenvalue weighted by Crippen LogP contribution is 2.54. The van der Waals surface area contributed by atoms with Gasteiger partial charge < -0.3 is 9.32 Å². The summed E-state index contributed by atoms with van der Waals surface area (Å²) >= 11 is 0. The number of fused-ring (bicyclic) bond motifs is 7. The number of hydrogen-bond donors (Lipinski definition) is 0. The summed E-state index contributed by atoms with van der Waals surface area (Å²) in [5, 5.41) is 1.06. The number of hydrogen-bond acceptors (Lipinski definition) is 5. The first-order valence-electron chi connectivity index (χ1n) is 23.2. The molecule has 5 nitrogen and oxygen atoms in total. The molecule has 0 fully saturated rings. The Morgan fingerprint density at radius 1 is 0.382 bits per heavy atom. The second-order valence-corrected chi connectivity index (χ2v) is 17.5. The van der Waals surface area contributed by atoms with Crippen LogP contribution in [0.4, 0.5) is 11.4 Å². The number of aromatic nitrogens is 3. The predicted molar refractivity (Wildman–Crippen MR) is 277 cm³/mol. The molecular weight excluding hydrogens is 829 g/mol. The van der Waals surface area contributed by atoms with Gasteiger partial charge in [0.15, 0.2) is 17.5 Å². The van der Waals surface area contributed by atoms with Gasteiger partial charge in [-0.1, -0.05) is 194 Å². The smallest absolute Gasteiger partial charge is 0.167 e. The third-order valence-corrected chi connectivity index (χ3v) is 13.5. The van der Waals surface area contributed by atoms with Crippen LogP contribution in [0.3, 0.4) is 0 Å². The molecule has 11 aromatic rings. The third-order valence-electron chi connectivity index (χ3n) is 13.5. The highest BCUT2D eigenvalue weighted by molar-refractivity contribution is 5.98. The van der Waals surface area contributed by atoms with Crippen LogP contribution >= 0.6 is 0 Å². The second kappa shape index (κ2) is 16.5. The minimum Gasteiger partial charge on any atom is -0.456 e. The lowest BCUT2D eigenvalue weighted by Gasteiger charge is -2.30. The average Bonchev–Trinajstić information content (AvgIpc) is 3.98. The minimum absolute atomic E-state index is 0.0378. The Labute approximate surface area is 395 Å². The van der Waals surface area contributed by atoms with E-state index in [0.717, 1.165) is 61.4 Å². The maximum Gasteiger partial charge on any atom is 0.167 e. The first-order chi connectivity index (χ1) is 33.7. The molecule has 320 valence electrons. The Balaban J connectivity index is 0.904. The number of rotatable bonds is 8. The summed E-state index contributed by atoms with van der Waals surface area (Å²) in [5.41, 5.74) is 17.4. The van der Waals surface area contributed by atoms with Gasteiger partial charge in [0.1, 0.15) is 11.3 Å². The zero-order valence-corrected chi connectivity index (χ0v) is 36.9. The molecule has 2 atom stereocenters. The van der Waals surface area contributed by atoms with E-state index in [9.17, 15) is 0 Å². The van der Waals surface area contributed by atoms with Crippen molar-refractivity contribution in [2.24, 2.45) is 0 Å². The zero-order valence-electron chi connectivity index (χ0n) is 36.9. The number of para-hydroxylation sites is 2. The number of nitrogens with zero attached hydrogens (tertiary/aromatic N) is 4. The van der Waals surface area contributed by atoms with Crippen LogP contribution in [0.15, 0.2) is 241 Å². The molecule has 0 radical (unpaired) electrons. The van der Waals surface area contributed by atoms with Crippen LogP contribution in [0.1, 0.15) is 22.8 Å². The predicted octanol–water partition coefficient (Wildman–Crippen LogP) is 16.0. The molecule has 5 heteroatoms. The molecule has 3 heterocycles. The molecule has 2 unspecified atom stereocenters. The van der Waals surface area contributed by atoms with Gasteiger partial charge >= 0.3 is 0 Å². The molecule has 2 aliphatic rings. The van der Waals surface area contributed by atoms with Gasteiger partial charge in [0.25, 0.3) is 0 Å². The summed E-state index contributed by atoms with van der Waals surface area (Å²) in [5.74, 6) is 2.64. The summed E-state index contributed by atoms with van der Waals surface area (Å²) in [4.78, 5) is 18.2. The topological polar surface area (TPSA) is 55.1 Å². The molecule has 0 saturated heterocycles. The number of benzene rings is 9. The van der Waals surface area contributed by atoms with E-state index >= 15 is 0 Å². The van der Waals surface area contributed by atoms with Gasteiger partial charge in [-0.15, -0.1) is 0 Å². The molecule has 0 N–H and O–H groups in total. The van der Waals surface area contributed by atoms with Gasteiger partial charge in [0.05, 0.1) is 11.6 Å². The Morgan fingerprint density at radius 2 is 0.838 bits per heavy atom. The molecule has 9 aromatic carbocycles. The van der Waals surface area contributed by atoms with Gasteiger partial charge in [-0.05, 0) is 98.6 Å². The average molecular weight is 871 g/mol. The van der Waals surface area contributed by atoms with Gasteiger partial charge in [-0.2, -0.15) is 0 Å².